The minimum absolute atomic E-state index is 0.0426. The molecule has 82 valence electrons. The predicted molar refractivity (Wildman–Crippen MR) is 58.8 cm³/mol. The summed E-state index contributed by atoms with van der Waals surface area (Å²) in [5, 5.41) is 10.3. The monoisotopic (exact) mass is 228 g/mol. The van der Waals surface area contributed by atoms with Crippen molar-refractivity contribution in [1.29, 1.82) is 0 Å². The first kappa shape index (κ1) is 11.9. The Hall–Kier alpha value is -1.22. The van der Waals surface area contributed by atoms with Gasteiger partial charge in [-0.2, -0.15) is 0 Å². The van der Waals surface area contributed by atoms with Gasteiger partial charge >= 0.3 is 0 Å². The van der Waals surface area contributed by atoms with Gasteiger partial charge in [0.2, 0.25) is 0 Å². The van der Waals surface area contributed by atoms with Crippen LogP contribution in [0.2, 0.25) is 5.02 Å². The number of hydrogen-bond acceptors (Lipinski definition) is 3. The zero-order chi connectivity index (χ0) is 11.6. The van der Waals surface area contributed by atoms with Gasteiger partial charge in [-0.15, -0.1) is 0 Å². The number of carbonyl (C=O) groups excluding carboxylic acids is 1. The highest BCUT2D eigenvalue weighted by atomic mass is 35.5. The fraction of sp³-hybridized carbons (Fsp3) is 0.364. The minimum Gasteiger partial charge on any atom is -0.504 e. The highest BCUT2D eigenvalue weighted by Crippen LogP contribution is 2.39. The maximum Gasteiger partial charge on any atom is 0.162 e. The van der Waals surface area contributed by atoms with Crippen molar-refractivity contribution in [2.45, 2.75) is 19.3 Å². The highest BCUT2D eigenvalue weighted by Gasteiger charge is 2.25. The molecule has 1 rings (SSSR count). The largest absolute Gasteiger partial charge is 0.504 e. The molecule has 0 unspecified atom stereocenters. The van der Waals surface area contributed by atoms with Crippen molar-refractivity contribution < 1.29 is 14.6 Å². The van der Waals surface area contributed by atoms with Crippen molar-refractivity contribution in [3.05, 3.63) is 22.7 Å². The molecule has 1 aromatic rings. The molecule has 0 aliphatic heterocycles. The lowest BCUT2D eigenvalue weighted by Gasteiger charge is -2.20. The number of rotatable bonds is 3. The Morgan fingerprint density at radius 1 is 1.47 bits per heavy atom. The number of halogens is 1. The molecular weight excluding hydrogens is 216 g/mol. The number of aldehydes is 1. The summed E-state index contributed by atoms with van der Waals surface area (Å²) < 4.78 is 4.96. The van der Waals surface area contributed by atoms with Gasteiger partial charge in [0.25, 0.3) is 0 Å². The van der Waals surface area contributed by atoms with Crippen molar-refractivity contribution in [2.75, 3.05) is 7.11 Å². The molecule has 0 aliphatic carbocycles. The van der Waals surface area contributed by atoms with Gasteiger partial charge in [0.1, 0.15) is 6.29 Å². The summed E-state index contributed by atoms with van der Waals surface area (Å²) in [6.45, 7) is 3.40. The van der Waals surface area contributed by atoms with E-state index in [1.165, 1.54) is 13.2 Å². The molecule has 0 heterocycles. The van der Waals surface area contributed by atoms with Gasteiger partial charge in [-0.1, -0.05) is 11.6 Å². The molecule has 0 aliphatic rings. The van der Waals surface area contributed by atoms with Crippen LogP contribution in [0, 0.1) is 0 Å². The average molecular weight is 229 g/mol. The van der Waals surface area contributed by atoms with Crippen LogP contribution in [-0.2, 0) is 10.2 Å². The summed E-state index contributed by atoms with van der Waals surface area (Å²) >= 11 is 5.86. The van der Waals surface area contributed by atoms with E-state index in [0.29, 0.717) is 10.6 Å². The number of carbonyl (C=O) groups is 1. The number of phenolic OH excluding ortho intramolecular Hbond substituents is 1. The van der Waals surface area contributed by atoms with Crippen LogP contribution in [0.4, 0.5) is 0 Å². The van der Waals surface area contributed by atoms with E-state index >= 15 is 0 Å². The van der Waals surface area contributed by atoms with E-state index < -0.39 is 5.41 Å². The lowest BCUT2D eigenvalue weighted by molar-refractivity contribution is -0.111. The molecule has 0 spiro atoms. The van der Waals surface area contributed by atoms with Crippen molar-refractivity contribution in [3.63, 3.8) is 0 Å². The van der Waals surface area contributed by atoms with Gasteiger partial charge in [-0.25, -0.2) is 0 Å². The fourth-order valence-corrected chi connectivity index (χ4v) is 1.49. The second-order valence-electron chi connectivity index (χ2n) is 3.84. The first-order chi connectivity index (χ1) is 6.92. The number of ether oxygens (including phenoxy) is 1. The molecule has 0 radical (unpaired) electrons. The Morgan fingerprint density at radius 2 is 2.07 bits per heavy atom. The standard InChI is InChI=1S/C11H13ClO3/c1-11(2,6-13)8-4-7(12)5-9(15-3)10(8)14/h4-6,14H,1-3H3. The summed E-state index contributed by atoms with van der Waals surface area (Å²) in [5.74, 6) is 0.228. The van der Waals surface area contributed by atoms with E-state index in [2.05, 4.69) is 0 Å². The van der Waals surface area contributed by atoms with E-state index in [0.717, 1.165) is 6.29 Å². The molecule has 0 aromatic heterocycles. The molecule has 0 bridgehead atoms. The summed E-state index contributed by atoms with van der Waals surface area (Å²) in [7, 11) is 1.43. The topological polar surface area (TPSA) is 46.5 Å². The van der Waals surface area contributed by atoms with E-state index in [4.69, 9.17) is 16.3 Å². The number of benzene rings is 1. The molecule has 15 heavy (non-hydrogen) atoms. The van der Waals surface area contributed by atoms with Gasteiger partial charge in [0.15, 0.2) is 11.5 Å². The lowest BCUT2D eigenvalue weighted by Crippen LogP contribution is -2.19. The third-order valence-corrected chi connectivity index (χ3v) is 2.47. The molecule has 0 fully saturated rings. The van der Waals surface area contributed by atoms with Crippen molar-refractivity contribution in [2.24, 2.45) is 0 Å². The summed E-state index contributed by atoms with van der Waals surface area (Å²) in [6, 6.07) is 3.06. The van der Waals surface area contributed by atoms with Crippen LogP contribution in [0.15, 0.2) is 12.1 Å². The number of methoxy groups -OCH3 is 1. The highest BCUT2D eigenvalue weighted by molar-refractivity contribution is 6.30. The molecule has 1 N–H and O–H groups in total. The molecule has 1 aromatic carbocycles. The third kappa shape index (κ3) is 2.23. The SMILES string of the molecule is COc1cc(Cl)cc(C(C)(C)C=O)c1O. The van der Waals surface area contributed by atoms with Crippen molar-refractivity contribution >= 4 is 17.9 Å². The molecule has 0 atom stereocenters. The Balaban J connectivity index is 3.41. The van der Waals surface area contributed by atoms with Gasteiger partial charge in [-0.05, 0) is 19.9 Å². The summed E-state index contributed by atoms with van der Waals surface area (Å²) in [5.41, 5.74) is -0.329. The van der Waals surface area contributed by atoms with Crippen LogP contribution in [-0.4, -0.2) is 18.5 Å². The van der Waals surface area contributed by atoms with Gasteiger partial charge in [-0.3, -0.25) is 0 Å². The van der Waals surface area contributed by atoms with E-state index in [9.17, 15) is 9.90 Å². The smallest absolute Gasteiger partial charge is 0.162 e. The second-order valence-corrected chi connectivity index (χ2v) is 4.28. The fourth-order valence-electron chi connectivity index (χ4n) is 1.28. The van der Waals surface area contributed by atoms with E-state index in [1.54, 1.807) is 19.9 Å². The minimum atomic E-state index is -0.789. The zero-order valence-electron chi connectivity index (χ0n) is 8.87. The zero-order valence-corrected chi connectivity index (χ0v) is 9.63. The van der Waals surface area contributed by atoms with Crippen molar-refractivity contribution in [3.8, 4) is 11.5 Å². The second kappa shape index (κ2) is 4.11. The molecule has 0 saturated carbocycles. The van der Waals surface area contributed by atoms with Crippen LogP contribution in [0.3, 0.4) is 0 Å². The van der Waals surface area contributed by atoms with Crippen LogP contribution in [0.25, 0.3) is 0 Å². The normalized spacial score (nSPS) is 11.2. The van der Waals surface area contributed by atoms with E-state index in [-0.39, 0.29) is 11.5 Å². The molecular formula is C11H13ClO3. The van der Waals surface area contributed by atoms with Crippen molar-refractivity contribution in [1.82, 2.24) is 0 Å². The number of hydrogen-bond donors (Lipinski definition) is 1. The van der Waals surface area contributed by atoms with Gasteiger partial charge in [0.05, 0.1) is 7.11 Å². The van der Waals surface area contributed by atoms with Crippen LogP contribution >= 0.6 is 11.6 Å². The maximum atomic E-state index is 10.9. The third-order valence-electron chi connectivity index (χ3n) is 2.25. The predicted octanol–water partition coefficient (Wildman–Crippen LogP) is 2.53. The van der Waals surface area contributed by atoms with Gasteiger partial charge < -0.3 is 14.6 Å². The molecule has 4 heteroatoms. The summed E-state index contributed by atoms with van der Waals surface area (Å²) in [4.78, 5) is 10.9. The molecule has 0 saturated heterocycles. The Morgan fingerprint density at radius 3 is 2.53 bits per heavy atom. The quantitative estimate of drug-likeness (QED) is 0.809. The van der Waals surface area contributed by atoms with Crippen LogP contribution in [0.1, 0.15) is 19.4 Å². The summed E-state index contributed by atoms with van der Waals surface area (Å²) in [6.07, 6.45) is 0.762. The first-order valence-electron chi connectivity index (χ1n) is 4.45. The Labute approximate surface area is 93.6 Å². The number of aromatic hydroxyl groups is 1. The van der Waals surface area contributed by atoms with Crippen LogP contribution < -0.4 is 4.74 Å². The average Bonchev–Trinajstić information content (AvgIpc) is 2.20. The van der Waals surface area contributed by atoms with E-state index in [1.807, 2.05) is 0 Å². The molecule has 3 nitrogen and oxygen atoms in total. The number of phenols is 1. The lowest BCUT2D eigenvalue weighted by atomic mass is 9.85. The Bertz CT molecular complexity index is 386. The first-order valence-corrected chi connectivity index (χ1v) is 4.83. The van der Waals surface area contributed by atoms with Crippen LogP contribution in [0.5, 0.6) is 11.5 Å². The van der Waals surface area contributed by atoms with Gasteiger partial charge in [0, 0.05) is 22.1 Å². The maximum absolute atomic E-state index is 10.9. The Kier molecular flexibility index (Phi) is 3.25. The molecule has 0 amide bonds.